The zero-order valence-corrected chi connectivity index (χ0v) is 16.5. The van der Waals surface area contributed by atoms with Gasteiger partial charge >= 0.3 is 0 Å². The van der Waals surface area contributed by atoms with E-state index in [1.807, 2.05) is 12.1 Å². The Morgan fingerprint density at radius 3 is 2.77 bits per heavy atom. The number of sulfonamides is 1. The second kappa shape index (κ2) is 7.96. The summed E-state index contributed by atoms with van der Waals surface area (Å²) in [6.45, 7) is 4.95. The monoisotopic (exact) mass is 394 g/mol. The summed E-state index contributed by atoms with van der Waals surface area (Å²) < 4.78 is 33.6. The van der Waals surface area contributed by atoms with E-state index in [4.69, 9.17) is 16.3 Å². The Balaban J connectivity index is 1.81. The van der Waals surface area contributed by atoms with E-state index in [0.717, 1.165) is 43.8 Å². The Bertz CT molecular complexity index is 900. The van der Waals surface area contributed by atoms with Crippen LogP contribution in [0.25, 0.3) is 0 Å². The number of methoxy groups -OCH3 is 1. The molecule has 0 bridgehead atoms. The van der Waals surface area contributed by atoms with Gasteiger partial charge in [0.1, 0.15) is 0 Å². The van der Waals surface area contributed by atoms with E-state index >= 15 is 0 Å². The minimum absolute atomic E-state index is 0.245. The third-order valence-corrected chi connectivity index (χ3v) is 6.30. The molecule has 0 radical (unpaired) electrons. The van der Waals surface area contributed by atoms with Crippen LogP contribution in [0.15, 0.2) is 41.3 Å². The second-order valence-electron chi connectivity index (χ2n) is 6.52. The molecule has 0 aliphatic carbocycles. The van der Waals surface area contributed by atoms with E-state index in [1.54, 1.807) is 32.2 Å². The normalized spacial score (nSPS) is 14.4. The maximum Gasteiger partial charge on any atom is 0.262 e. The van der Waals surface area contributed by atoms with Gasteiger partial charge in [0.15, 0.2) is 0 Å². The lowest BCUT2D eigenvalue weighted by Crippen LogP contribution is -2.19. The third-order valence-electron chi connectivity index (χ3n) is 4.54. The average molecular weight is 395 g/mol. The fourth-order valence-electron chi connectivity index (χ4n) is 3.29. The van der Waals surface area contributed by atoms with Crippen LogP contribution in [0.3, 0.4) is 0 Å². The van der Waals surface area contributed by atoms with Crippen molar-refractivity contribution in [1.82, 2.24) is 4.90 Å². The Morgan fingerprint density at radius 2 is 2.04 bits per heavy atom. The van der Waals surface area contributed by atoms with Gasteiger partial charge in [-0.15, -0.1) is 0 Å². The largest absolute Gasteiger partial charge is 0.385 e. The number of anilines is 1. The molecule has 26 heavy (non-hydrogen) atoms. The summed E-state index contributed by atoms with van der Waals surface area (Å²) in [6.07, 6.45) is 0.954. The van der Waals surface area contributed by atoms with Crippen LogP contribution in [0, 0.1) is 6.92 Å². The lowest BCUT2D eigenvalue weighted by Gasteiger charge is -2.15. The summed E-state index contributed by atoms with van der Waals surface area (Å²) in [7, 11) is -1.97. The molecular weight excluding hydrogens is 372 g/mol. The van der Waals surface area contributed by atoms with Crippen LogP contribution < -0.4 is 4.72 Å². The van der Waals surface area contributed by atoms with Gasteiger partial charge in [-0.2, -0.15) is 0 Å². The SMILES string of the molecule is COCCCN1Cc2cccc(NS(=O)(=O)c3ccc(Cl)cc3C)c2C1. The molecule has 0 amide bonds. The number of nitrogens with zero attached hydrogens (tertiary/aromatic N) is 1. The van der Waals surface area contributed by atoms with Crippen LogP contribution in [0.2, 0.25) is 5.02 Å². The first kappa shape index (κ1) is 19.2. The molecule has 0 fully saturated rings. The molecule has 0 spiro atoms. The van der Waals surface area contributed by atoms with Crippen molar-refractivity contribution in [2.24, 2.45) is 0 Å². The van der Waals surface area contributed by atoms with Crippen LogP contribution in [0.1, 0.15) is 23.1 Å². The van der Waals surface area contributed by atoms with E-state index < -0.39 is 10.0 Å². The van der Waals surface area contributed by atoms with Gasteiger partial charge in [-0.05, 0) is 54.3 Å². The first-order chi connectivity index (χ1) is 12.4. The highest BCUT2D eigenvalue weighted by molar-refractivity contribution is 7.92. The zero-order chi connectivity index (χ0) is 18.7. The van der Waals surface area contributed by atoms with Gasteiger partial charge in [-0.1, -0.05) is 23.7 Å². The Hall–Kier alpha value is -1.60. The van der Waals surface area contributed by atoms with Crippen molar-refractivity contribution in [3.05, 3.63) is 58.1 Å². The molecular formula is C19H23ClN2O3S. The first-order valence-corrected chi connectivity index (χ1v) is 10.4. The van der Waals surface area contributed by atoms with E-state index in [0.29, 0.717) is 16.3 Å². The van der Waals surface area contributed by atoms with Crippen molar-refractivity contribution < 1.29 is 13.2 Å². The van der Waals surface area contributed by atoms with Gasteiger partial charge in [-0.3, -0.25) is 9.62 Å². The zero-order valence-electron chi connectivity index (χ0n) is 15.0. The molecule has 1 aliphatic rings. The molecule has 3 rings (SSSR count). The summed E-state index contributed by atoms with van der Waals surface area (Å²) in [5, 5.41) is 0.522. The quantitative estimate of drug-likeness (QED) is 0.725. The highest BCUT2D eigenvalue weighted by Gasteiger charge is 2.24. The number of benzene rings is 2. The highest BCUT2D eigenvalue weighted by Crippen LogP contribution is 2.31. The summed E-state index contributed by atoms with van der Waals surface area (Å²) in [5.74, 6) is 0. The Labute approximate surface area is 160 Å². The predicted octanol–water partition coefficient (Wildman–Crippen LogP) is 3.80. The molecule has 1 heterocycles. The van der Waals surface area contributed by atoms with Crippen LogP contribution in [-0.4, -0.2) is 33.6 Å². The van der Waals surface area contributed by atoms with Gasteiger partial charge < -0.3 is 4.74 Å². The average Bonchev–Trinajstić information content (AvgIpc) is 2.98. The maximum absolute atomic E-state index is 12.8. The van der Waals surface area contributed by atoms with E-state index in [9.17, 15) is 8.42 Å². The Kier molecular flexibility index (Phi) is 5.87. The molecule has 140 valence electrons. The fourth-order valence-corrected chi connectivity index (χ4v) is 4.84. The number of rotatable bonds is 7. The molecule has 0 unspecified atom stereocenters. The predicted molar refractivity (Wildman–Crippen MR) is 104 cm³/mol. The van der Waals surface area contributed by atoms with E-state index in [2.05, 4.69) is 15.7 Å². The molecule has 0 saturated heterocycles. The van der Waals surface area contributed by atoms with Crippen molar-refractivity contribution in [2.75, 3.05) is 25.0 Å². The number of halogens is 1. The van der Waals surface area contributed by atoms with Crippen molar-refractivity contribution in [2.45, 2.75) is 31.3 Å². The number of hydrogen-bond acceptors (Lipinski definition) is 4. The maximum atomic E-state index is 12.8. The molecule has 1 N–H and O–H groups in total. The molecule has 0 atom stereocenters. The van der Waals surface area contributed by atoms with E-state index in [1.165, 1.54) is 0 Å². The molecule has 0 aromatic heterocycles. The summed E-state index contributed by atoms with van der Waals surface area (Å²) in [4.78, 5) is 2.55. The number of hydrogen-bond donors (Lipinski definition) is 1. The lowest BCUT2D eigenvalue weighted by molar-refractivity contribution is 0.172. The third kappa shape index (κ3) is 4.20. The first-order valence-electron chi connectivity index (χ1n) is 8.52. The molecule has 5 nitrogen and oxygen atoms in total. The summed E-state index contributed by atoms with van der Waals surface area (Å²) >= 11 is 5.94. The lowest BCUT2D eigenvalue weighted by atomic mass is 10.1. The standard InChI is InChI=1S/C19H23ClN2O3S/c1-14-11-16(20)7-8-19(14)26(23,24)21-18-6-3-5-15-12-22(13-17(15)18)9-4-10-25-2/h3,5-8,11,21H,4,9-10,12-13H2,1-2H3. The van der Waals surface area contributed by atoms with Crippen LogP contribution in [-0.2, 0) is 27.8 Å². The van der Waals surface area contributed by atoms with Gasteiger partial charge in [-0.25, -0.2) is 8.42 Å². The smallest absolute Gasteiger partial charge is 0.262 e. The van der Waals surface area contributed by atoms with Gasteiger partial charge in [0, 0.05) is 38.4 Å². The summed E-state index contributed by atoms with van der Waals surface area (Å²) in [6, 6.07) is 10.6. The molecule has 1 aliphatic heterocycles. The van der Waals surface area contributed by atoms with Crippen molar-refractivity contribution >= 4 is 27.3 Å². The van der Waals surface area contributed by atoms with Gasteiger partial charge in [0.25, 0.3) is 10.0 Å². The topological polar surface area (TPSA) is 58.6 Å². The molecule has 7 heteroatoms. The molecule has 2 aromatic rings. The van der Waals surface area contributed by atoms with Crippen LogP contribution in [0.4, 0.5) is 5.69 Å². The second-order valence-corrected chi connectivity index (χ2v) is 8.60. The molecule has 0 saturated carbocycles. The van der Waals surface area contributed by atoms with Gasteiger partial charge in [0.2, 0.25) is 0 Å². The van der Waals surface area contributed by atoms with Crippen LogP contribution in [0.5, 0.6) is 0 Å². The minimum atomic E-state index is -3.67. The molecule has 2 aromatic carbocycles. The van der Waals surface area contributed by atoms with Gasteiger partial charge in [0.05, 0.1) is 10.6 Å². The van der Waals surface area contributed by atoms with Crippen molar-refractivity contribution in [3.8, 4) is 0 Å². The number of nitrogens with one attached hydrogen (secondary N) is 1. The summed E-state index contributed by atoms with van der Waals surface area (Å²) in [5.41, 5.74) is 3.47. The van der Waals surface area contributed by atoms with Crippen molar-refractivity contribution in [3.63, 3.8) is 0 Å². The number of fused-ring (bicyclic) bond motifs is 1. The highest BCUT2D eigenvalue weighted by atomic mass is 35.5. The van der Waals surface area contributed by atoms with E-state index in [-0.39, 0.29) is 4.90 Å². The minimum Gasteiger partial charge on any atom is -0.385 e. The Morgan fingerprint density at radius 1 is 1.23 bits per heavy atom. The van der Waals surface area contributed by atoms with Crippen molar-refractivity contribution in [1.29, 1.82) is 0 Å². The van der Waals surface area contributed by atoms with Crippen LogP contribution >= 0.6 is 11.6 Å². The number of ether oxygens (including phenoxy) is 1. The number of aryl methyl sites for hydroxylation is 1. The fraction of sp³-hybridized carbons (Fsp3) is 0.368.